The molecule has 0 saturated carbocycles. The second kappa shape index (κ2) is 7.78. The van der Waals surface area contributed by atoms with Crippen molar-refractivity contribution in [1.29, 1.82) is 0 Å². The van der Waals surface area contributed by atoms with Crippen LogP contribution in [0.15, 0.2) is 21.9 Å². The first-order valence-electron chi connectivity index (χ1n) is 8.65. The summed E-state index contributed by atoms with van der Waals surface area (Å²) in [6.45, 7) is 6.50. The molecule has 0 saturated heterocycles. The molecule has 0 aliphatic rings. The van der Waals surface area contributed by atoms with Crippen LogP contribution in [-0.2, 0) is 13.0 Å². The lowest BCUT2D eigenvalue weighted by molar-refractivity contribution is 0.102. The van der Waals surface area contributed by atoms with Crippen molar-refractivity contribution in [3.05, 3.63) is 43.7 Å². The Morgan fingerprint density at radius 3 is 2.81 bits per heavy atom. The van der Waals surface area contributed by atoms with Gasteiger partial charge in [-0.1, -0.05) is 32.1 Å². The topological polar surface area (TPSA) is 123 Å². The van der Waals surface area contributed by atoms with Crippen molar-refractivity contribution in [1.82, 2.24) is 24.7 Å². The summed E-state index contributed by atoms with van der Waals surface area (Å²) in [6.07, 6.45) is 2.84. The highest BCUT2D eigenvalue weighted by Crippen LogP contribution is 2.19. The Bertz CT molecular complexity index is 1100. The van der Waals surface area contributed by atoms with Crippen LogP contribution < -0.4 is 16.6 Å². The van der Waals surface area contributed by atoms with E-state index in [2.05, 4.69) is 39.3 Å². The molecule has 0 spiro atoms. The highest BCUT2D eigenvalue weighted by Gasteiger charge is 2.15. The van der Waals surface area contributed by atoms with Crippen molar-refractivity contribution in [2.75, 3.05) is 5.32 Å². The van der Waals surface area contributed by atoms with Gasteiger partial charge in [-0.05, 0) is 18.4 Å². The molecule has 2 N–H and O–H groups in total. The van der Waals surface area contributed by atoms with Crippen LogP contribution in [0.1, 0.15) is 42.6 Å². The van der Waals surface area contributed by atoms with E-state index < -0.39 is 17.2 Å². The molecule has 0 fully saturated rings. The Morgan fingerprint density at radius 2 is 2.11 bits per heavy atom. The smallest absolute Gasteiger partial charge is 0.296 e. The molecule has 3 aromatic rings. The van der Waals surface area contributed by atoms with Gasteiger partial charge < -0.3 is 0 Å². The lowest BCUT2D eigenvalue weighted by atomic mass is 10.1. The SMILES string of the molecule is CCCn1c(=O)[nH]c(=O)c2cc(C(=O)Nc3nnc(CC(C)C)s3)cnc21. The molecule has 0 radical (unpaired) electrons. The molecule has 0 aliphatic heterocycles. The number of fused-ring (bicyclic) bond motifs is 1. The molecule has 0 aromatic carbocycles. The second-order valence-electron chi connectivity index (χ2n) is 6.56. The minimum absolute atomic E-state index is 0.188. The number of H-pyrrole nitrogens is 1. The summed E-state index contributed by atoms with van der Waals surface area (Å²) in [7, 11) is 0. The summed E-state index contributed by atoms with van der Waals surface area (Å²) < 4.78 is 1.39. The number of hydrogen-bond donors (Lipinski definition) is 2. The average molecular weight is 388 g/mol. The molecule has 0 unspecified atom stereocenters. The molecule has 3 rings (SSSR count). The van der Waals surface area contributed by atoms with E-state index in [1.807, 2.05) is 6.92 Å². The summed E-state index contributed by atoms with van der Waals surface area (Å²) >= 11 is 1.31. The van der Waals surface area contributed by atoms with Crippen molar-refractivity contribution in [2.24, 2.45) is 5.92 Å². The fourth-order valence-electron chi connectivity index (χ4n) is 2.63. The maximum atomic E-state index is 12.5. The molecule has 0 aliphatic carbocycles. The highest BCUT2D eigenvalue weighted by molar-refractivity contribution is 7.15. The summed E-state index contributed by atoms with van der Waals surface area (Å²) in [5, 5.41) is 12.1. The molecular weight excluding hydrogens is 368 g/mol. The fourth-order valence-corrected chi connectivity index (χ4v) is 3.58. The first-order valence-corrected chi connectivity index (χ1v) is 9.47. The lowest BCUT2D eigenvalue weighted by Crippen LogP contribution is -2.31. The van der Waals surface area contributed by atoms with Crippen LogP contribution in [0, 0.1) is 5.92 Å². The van der Waals surface area contributed by atoms with E-state index in [4.69, 9.17) is 0 Å². The first-order chi connectivity index (χ1) is 12.9. The quantitative estimate of drug-likeness (QED) is 0.664. The third-order valence-corrected chi connectivity index (χ3v) is 4.67. The molecule has 10 heteroatoms. The maximum Gasteiger partial charge on any atom is 0.329 e. The maximum absolute atomic E-state index is 12.5. The van der Waals surface area contributed by atoms with E-state index in [1.54, 1.807) is 0 Å². The van der Waals surface area contributed by atoms with Gasteiger partial charge >= 0.3 is 5.69 Å². The summed E-state index contributed by atoms with van der Waals surface area (Å²) in [5.41, 5.74) is -0.613. The molecule has 3 aromatic heterocycles. The van der Waals surface area contributed by atoms with E-state index in [0.717, 1.165) is 11.4 Å². The minimum Gasteiger partial charge on any atom is -0.296 e. The standard InChI is InChI=1S/C17H20N6O3S/c1-4-5-23-13-11(15(25)20-17(23)26)7-10(8-18-13)14(24)19-16-22-21-12(27-16)6-9(2)3/h7-9H,4-6H2,1-3H3,(H,19,22,24)(H,20,25,26). The number of nitrogens with zero attached hydrogens (tertiary/aromatic N) is 4. The lowest BCUT2D eigenvalue weighted by Gasteiger charge is -2.08. The number of pyridine rings is 1. The largest absolute Gasteiger partial charge is 0.329 e. The van der Waals surface area contributed by atoms with Crippen molar-refractivity contribution in [3.8, 4) is 0 Å². The molecule has 27 heavy (non-hydrogen) atoms. The number of nitrogens with one attached hydrogen (secondary N) is 2. The van der Waals surface area contributed by atoms with Gasteiger partial charge in [0.05, 0.1) is 10.9 Å². The third kappa shape index (κ3) is 4.11. The number of carbonyl (C=O) groups excluding carboxylic acids is 1. The van der Waals surface area contributed by atoms with E-state index in [1.165, 1.54) is 28.2 Å². The Hall–Kier alpha value is -2.88. The number of carbonyl (C=O) groups is 1. The Balaban J connectivity index is 1.90. The molecule has 1 amide bonds. The fraction of sp³-hybridized carbons (Fsp3) is 0.412. The van der Waals surface area contributed by atoms with Crippen molar-refractivity contribution >= 4 is 33.4 Å². The van der Waals surface area contributed by atoms with Gasteiger partial charge in [0, 0.05) is 19.2 Å². The first kappa shape index (κ1) is 18.9. The van der Waals surface area contributed by atoms with Gasteiger partial charge in [-0.15, -0.1) is 10.2 Å². The van der Waals surface area contributed by atoms with Gasteiger partial charge in [-0.25, -0.2) is 9.78 Å². The molecule has 3 heterocycles. The number of rotatable bonds is 6. The molecule has 0 bridgehead atoms. The van der Waals surface area contributed by atoms with Crippen LogP contribution in [0.25, 0.3) is 11.0 Å². The molecule has 0 atom stereocenters. The second-order valence-corrected chi connectivity index (χ2v) is 7.62. The van der Waals surface area contributed by atoms with Gasteiger partial charge in [0.2, 0.25) is 5.13 Å². The number of aromatic amines is 1. The number of hydrogen-bond acceptors (Lipinski definition) is 7. The van der Waals surface area contributed by atoms with Crippen LogP contribution in [-0.4, -0.2) is 30.6 Å². The third-order valence-electron chi connectivity index (χ3n) is 3.81. The van der Waals surface area contributed by atoms with E-state index in [9.17, 15) is 14.4 Å². The van der Waals surface area contributed by atoms with Gasteiger partial charge in [0.1, 0.15) is 10.7 Å². The van der Waals surface area contributed by atoms with Gasteiger partial charge in [0.25, 0.3) is 11.5 Å². The van der Waals surface area contributed by atoms with E-state index in [0.29, 0.717) is 24.0 Å². The molecular formula is C17H20N6O3S. The van der Waals surface area contributed by atoms with Gasteiger partial charge in [-0.2, -0.15) is 0 Å². The van der Waals surface area contributed by atoms with Crippen LogP contribution in [0.2, 0.25) is 0 Å². The zero-order valence-corrected chi connectivity index (χ0v) is 16.1. The van der Waals surface area contributed by atoms with Gasteiger partial charge in [-0.3, -0.25) is 24.5 Å². The molecule has 9 nitrogen and oxygen atoms in total. The van der Waals surface area contributed by atoms with Gasteiger partial charge in [0.15, 0.2) is 0 Å². The van der Waals surface area contributed by atoms with Crippen molar-refractivity contribution in [3.63, 3.8) is 0 Å². The Morgan fingerprint density at radius 1 is 1.33 bits per heavy atom. The predicted octanol–water partition coefficient (Wildman–Crippen LogP) is 1.80. The van der Waals surface area contributed by atoms with Crippen molar-refractivity contribution < 1.29 is 4.79 Å². The van der Waals surface area contributed by atoms with Crippen LogP contribution in [0.4, 0.5) is 5.13 Å². The molecule has 142 valence electrons. The van der Waals surface area contributed by atoms with Crippen LogP contribution in [0.3, 0.4) is 0 Å². The number of aromatic nitrogens is 5. The van der Waals surface area contributed by atoms with E-state index in [-0.39, 0.29) is 16.6 Å². The summed E-state index contributed by atoms with van der Waals surface area (Å²) in [4.78, 5) is 43.0. The highest BCUT2D eigenvalue weighted by atomic mass is 32.1. The summed E-state index contributed by atoms with van der Waals surface area (Å²) in [6, 6.07) is 1.43. The Labute approximate surface area is 158 Å². The Kier molecular flexibility index (Phi) is 5.45. The number of anilines is 1. The van der Waals surface area contributed by atoms with E-state index >= 15 is 0 Å². The monoisotopic (exact) mass is 388 g/mol. The summed E-state index contributed by atoms with van der Waals surface area (Å²) in [5.74, 6) is 0.00271. The van der Waals surface area contributed by atoms with Crippen LogP contribution in [0.5, 0.6) is 0 Å². The average Bonchev–Trinajstić information content (AvgIpc) is 3.04. The zero-order valence-electron chi connectivity index (χ0n) is 15.3. The minimum atomic E-state index is -0.570. The zero-order chi connectivity index (χ0) is 19.6. The number of amides is 1. The predicted molar refractivity (Wildman–Crippen MR) is 103 cm³/mol. The van der Waals surface area contributed by atoms with Crippen LogP contribution >= 0.6 is 11.3 Å². The number of aryl methyl sites for hydroxylation is 1. The normalized spacial score (nSPS) is 11.3. The van der Waals surface area contributed by atoms with Crippen molar-refractivity contribution in [2.45, 2.75) is 40.2 Å².